The van der Waals surface area contributed by atoms with Crippen molar-refractivity contribution in [1.29, 1.82) is 0 Å². The number of thioether (sulfide) groups is 1. The first kappa shape index (κ1) is 15.2. The van der Waals surface area contributed by atoms with Crippen LogP contribution in [0.5, 0.6) is 0 Å². The molecule has 1 N–H and O–H groups in total. The molecule has 0 saturated heterocycles. The van der Waals surface area contributed by atoms with Gasteiger partial charge in [0.2, 0.25) is 0 Å². The molecule has 1 aromatic rings. The number of carbonyl (C=O) groups is 1. The quantitative estimate of drug-likeness (QED) is 0.470. The predicted octanol–water partition coefficient (Wildman–Crippen LogP) is 2.72. The molecule has 0 amide bonds. The molecule has 0 aromatic carbocycles. The summed E-state index contributed by atoms with van der Waals surface area (Å²) in [6.45, 7) is 2.95. The number of methoxy groups -OCH3 is 1. The van der Waals surface area contributed by atoms with Crippen molar-refractivity contribution in [1.82, 2.24) is 9.97 Å². The molecule has 7 heteroatoms. The number of carbonyl (C=O) groups excluding carboxylic acids is 1. The van der Waals surface area contributed by atoms with E-state index in [1.165, 1.54) is 25.2 Å². The number of esters is 1. The smallest absolute Gasteiger partial charge is 0.306 e. The third-order valence-corrected chi connectivity index (χ3v) is 4.08. The van der Waals surface area contributed by atoms with Gasteiger partial charge in [0.15, 0.2) is 0 Å². The Kier molecular flexibility index (Phi) is 7.04. The molecular formula is C11H16BrN3O2S. The number of rotatable bonds is 7. The van der Waals surface area contributed by atoms with Crippen molar-refractivity contribution in [2.75, 3.05) is 24.7 Å². The monoisotopic (exact) mass is 333 g/mol. The maximum atomic E-state index is 11.0. The Morgan fingerprint density at radius 1 is 1.56 bits per heavy atom. The van der Waals surface area contributed by atoms with Gasteiger partial charge in [-0.05, 0) is 22.4 Å². The number of aromatic nitrogens is 2. The fourth-order valence-corrected chi connectivity index (χ4v) is 2.65. The number of nitrogens with one attached hydrogen (secondary N) is 1. The Hall–Kier alpha value is -0.820. The van der Waals surface area contributed by atoms with Crippen molar-refractivity contribution in [3.8, 4) is 0 Å². The summed E-state index contributed by atoms with van der Waals surface area (Å²) < 4.78 is 5.43. The molecule has 0 aliphatic heterocycles. The summed E-state index contributed by atoms with van der Waals surface area (Å²) in [6, 6.07) is 0. The van der Waals surface area contributed by atoms with Crippen molar-refractivity contribution >= 4 is 39.5 Å². The number of hydrogen-bond donors (Lipinski definition) is 1. The normalized spacial score (nSPS) is 10.2. The molecule has 100 valence electrons. The van der Waals surface area contributed by atoms with E-state index in [1.807, 2.05) is 0 Å². The summed E-state index contributed by atoms with van der Waals surface area (Å²) in [7, 11) is 1.39. The van der Waals surface area contributed by atoms with Gasteiger partial charge in [-0.25, -0.2) is 9.97 Å². The number of hydrogen-bond acceptors (Lipinski definition) is 6. The van der Waals surface area contributed by atoms with Gasteiger partial charge in [0.05, 0.1) is 18.0 Å². The second kappa shape index (κ2) is 8.31. The minimum atomic E-state index is -0.211. The third-order valence-electron chi connectivity index (χ3n) is 2.07. The van der Waals surface area contributed by atoms with Crippen LogP contribution in [-0.4, -0.2) is 35.3 Å². The number of ether oxygens (including phenoxy) is 1. The maximum Gasteiger partial charge on any atom is 0.306 e. The standard InChI is InChI=1S/C11H16BrN3O2S/c1-3-5-13-10-9(12)11(15-7-14-10)18-6-4-8(16)17-2/h7H,3-6H2,1-2H3,(H,13,14,15). The van der Waals surface area contributed by atoms with Crippen LogP contribution in [0.15, 0.2) is 15.8 Å². The van der Waals surface area contributed by atoms with E-state index in [9.17, 15) is 4.79 Å². The van der Waals surface area contributed by atoms with Gasteiger partial charge in [0.25, 0.3) is 0 Å². The molecule has 0 radical (unpaired) electrons. The lowest BCUT2D eigenvalue weighted by molar-refractivity contribution is -0.140. The fraction of sp³-hybridized carbons (Fsp3) is 0.545. The van der Waals surface area contributed by atoms with Crippen LogP contribution >= 0.6 is 27.7 Å². The number of anilines is 1. The van der Waals surface area contributed by atoms with Crippen LogP contribution in [0.2, 0.25) is 0 Å². The summed E-state index contributed by atoms with van der Waals surface area (Å²) in [5.74, 6) is 1.21. The SMILES string of the molecule is CCCNc1ncnc(SCCC(=O)OC)c1Br. The second-order valence-electron chi connectivity index (χ2n) is 3.44. The summed E-state index contributed by atoms with van der Waals surface area (Å²) in [6.07, 6.45) is 2.92. The zero-order valence-electron chi connectivity index (χ0n) is 10.4. The third kappa shape index (κ3) is 4.81. The first-order valence-corrected chi connectivity index (χ1v) is 7.40. The first-order chi connectivity index (χ1) is 8.69. The Balaban J connectivity index is 2.57. The van der Waals surface area contributed by atoms with Crippen molar-refractivity contribution < 1.29 is 9.53 Å². The molecule has 1 rings (SSSR count). The Labute approximate surface area is 119 Å². The van der Waals surface area contributed by atoms with Gasteiger partial charge in [-0.2, -0.15) is 0 Å². The van der Waals surface area contributed by atoms with E-state index < -0.39 is 0 Å². The van der Waals surface area contributed by atoms with Gasteiger partial charge in [0.1, 0.15) is 17.2 Å². The molecule has 1 heterocycles. The topological polar surface area (TPSA) is 64.1 Å². The van der Waals surface area contributed by atoms with E-state index in [0.29, 0.717) is 12.2 Å². The van der Waals surface area contributed by atoms with Crippen LogP contribution in [-0.2, 0) is 9.53 Å². The summed E-state index contributed by atoms with van der Waals surface area (Å²) in [5.41, 5.74) is 0. The molecular weight excluding hydrogens is 318 g/mol. The zero-order valence-corrected chi connectivity index (χ0v) is 12.8. The van der Waals surface area contributed by atoms with Gasteiger partial charge in [0, 0.05) is 12.3 Å². The molecule has 18 heavy (non-hydrogen) atoms. The van der Waals surface area contributed by atoms with Crippen LogP contribution in [0.25, 0.3) is 0 Å². The first-order valence-electron chi connectivity index (χ1n) is 5.63. The van der Waals surface area contributed by atoms with Crippen LogP contribution in [0.4, 0.5) is 5.82 Å². The van der Waals surface area contributed by atoms with Crippen LogP contribution in [0.3, 0.4) is 0 Å². The van der Waals surface area contributed by atoms with E-state index in [2.05, 4.69) is 42.9 Å². The average Bonchev–Trinajstić information content (AvgIpc) is 2.39. The minimum Gasteiger partial charge on any atom is -0.469 e. The van der Waals surface area contributed by atoms with E-state index in [4.69, 9.17) is 0 Å². The molecule has 0 aliphatic carbocycles. The molecule has 1 aromatic heterocycles. The number of nitrogens with zero attached hydrogens (tertiary/aromatic N) is 2. The summed E-state index contributed by atoms with van der Waals surface area (Å²) >= 11 is 4.97. The van der Waals surface area contributed by atoms with Gasteiger partial charge < -0.3 is 10.1 Å². The van der Waals surface area contributed by atoms with Crippen LogP contribution in [0, 0.1) is 0 Å². The predicted molar refractivity (Wildman–Crippen MR) is 75.9 cm³/mol. The van der Waals surface area contributed by atoms with Crippen molar-refractivity contribution in [3.05, 3.63) is 10.8 Å². The zero-order chi connectivity index (χ0) is 13.4. The lowest BCUT2D eigenvalue weighted by Gasteiger charge is -2.08. The number of halogens is 1. The van der Waals surface area contributed by atoms with Crippen molar-refractivity contribution in [3.63, 3.8) is 0 Å². The second-order valence-corrected chi connectivity index (χ2v) is 5.32. The highest BCUT2D eigenvalue weighted by atomic mass is 79.9. The van der Waals surface area contributed by atoms with Crippen molar-refractivity contribution in [2.24, 2.45) is 0 Å². The molecule has 5 nitrogen and oxygen atoms in total. The Morgan fingerprint density at radius 3 is 3.00 bits per heavy atom. The summed E-state index contributed by atoms with van der Waals surface area (Å²) in [5, 5.41) is 4.04. The fourth-order valence-electron chi connectivity index (χ4n) is 1.15. The van der Waals surface area contributed by atoms with Crippen LogP contribution in [0.1, 0.15) is 19.8 Å². The Bertz CT molecular complexity index is 404. The van der Waals surface area contributed by atoms with Gasteiger partial charge in [-0.15, -0.1) is 11.8 Å². The molecule has 0 bridgehead atoms. The molecule has 0 aliphatic rings. The maximum absolute atomic E-state index is 11.0. The lowest BCUT2D eigenvalue weighted by atomic mass is 10.4. The minimum absolute atomic E-state index is 0.211. The Morgan fingerprint density at radius 2 is 2.33 bits per heavy atom. The van der Waals surface area contributed by atoms with E-state index in [-0.39, 0.29) is 5.97 Å². The highest BCUT2D eigenvalue weighted by molar-refractivity contribution is 9.10. The average molecular weight is 334 g/mol. The van der Waals surface area contributed by atoms with E-state index >= 15 is 0 Å². The highest BCUT2D eigenvalue weighted by Gasteiger charge is 2.09. The van der Waals surface area contributed by atoms with E-state index in [1.54, 1.807) is 0 Å². The van der Waals surface area contributed by atoms with Crippen molar-refractivity contribution in [2.45, 2.75) is 24.8 Å². The van der Waals surface area contributed by atoms with Gasteiger partial charge in [-0.3, -0.25) is 4.79 Å². The lowest BCUT2D eigenvalue weighted by Crippen LogP contribution is -2.04. The van der Waals surface area contributed by atoms with E-state index in [0.717, 1.165) is 28.3 Å². The van der Waals surface area contributed by atoms with Crippen LogP contribution < -0.4 is 5.32 Å². The molecule has 0 saturated carbocycles. The largest absolute Gasteiger partial charge is 0.469 e. The highest BCUT2D eigenvalue weighted by Crippen LogP contribution is 2.30. The molecule has 0 spiro atoms. The molecule has 0 unspecified atom stereocenters. The van der Waals surface area contributed by atoms with Gasteiger partial charge in [-0.1, -0.05) is 6.92 Å². The molecule has 0 fully saturated rings. The van der Waals surface area contributed by atoms with Gasteiger partial charge >= 0.3 is 5.97 Å². The summed E-state index contributed by atoms with van der Waals surface area (Å²) in [4.78, 5) is 19.3. The molecule has 0 atom stereocenters.